The zero-order chi connectivity index (χ0) is 15.5. The van der Waals surface area contributed by atoms with Gasteiger partial charge in [-0.25, -0.2) is 0 Å². The smallest absolute Gasteiger partial charge is 0.229 e. The number of nitrogens with zero attached hydrogens (tertiary/aromatic N) is 1. The highest BCUT2D eigenvalue weighted by molar-refractivity contribution is 8.00. The largest absolute Gasteiger partial charge is 0.343 e. The second-order valence-electron chi connectivity index (χ2n) is 6.06. The number of carbonyl (C=O) groups is 2. The van der Waals surface area contributed by atoms with E-state index in [4.69, 9.17) is 0 Å². The van der Waals surface area contributed by atoms with E-state index in [9.17, 15) is 9.59 Å². The van der Waals surface area contributed by atoms with Crippen LogP contribution >= 0.6 is 11.8 Å². The second-order valence-corrected chi connectivity index (χ2v) is 7.48. The molecule has 1 saturated heterocycles. The number of rotatable bonds is 2. The standard InChI is InChI=1S/C17H22N2O2S/c1-12-13(11-16(20)19-9-5-2-6-10-19)17(21)18-14-7-3-4-8-15(14)22-12/h3-4,7-8,12-13H,2,5-6,9-11H2,1H3,(H,18,21)/t12-,13-/m0/s1. The van der Waals surface area contributed by atoms with E-state index >= 15 is 0 Å². The van der Waals surface area contributed by atoms with Crippen molar-refractivity contribution in [2.75, 3.05) is 18.4 Å². The van der Waals surface area contributed by atoms with Gasteiger partial charge in [0.1, 0.15) is 0 Å². The fraction of sp³-hybridized carbons (Fsp3) is 0.529. The molecule has 1 aromatic rings. The molecule has 2 atom stereocenters. The number of piperidine rings is 1. The minimum Gasteiger partial charge on any atom is -0.343 e. The van der Waals surface area contributed by atoms with E-state index in [1.54, 1.807) is 11.8 Å². The molecule has 0 radical (unpaired) electrons. The molecule has 118 valence electrons. The predicted molar refractivity (Wildman–Crippen MR) is 88.9 cm³/mol. The van der Waals surface area contributed by atoms with Crippen LogP contribution in [0.25, 0.3) is 0 Å². The van der Waals surface area contributed by atoms with Crippen molar-refractivity contribution in [3.8, 4) is 0 Å². The highest BCUT2D eigenvalue weighted by Gasteiger charge is 2.33. The number of fused-ring (bicyclic) bond motifs is 1. The molecular formula is C17H22N2O2S. The Morgan fingerprint density at radius 1 is 1.27 bits per heavy atom. The van der Waals surface area contributed by atoms with Crippen LogP contribution in [0.4, 0.5) is 5.69 Å². The van der Waals surface area contributed by atoms with E-state index in [-0.39, 0.29) is 23.0 Å². The Labute approximate surface area is 135 Å². The summed E-state index contributed by atoms with van der Waals surface area (Å²) in [6.45, 7) is 3.73. The molecule has 0 spiro atoms. The minimum absolute atomic E-state index is 0.0321. The van der Waals surface area contributed by atoms with Crippen molar-refractivity contribution >= 4 is 29.3 Å². The predicted octanol–water partition coefficient (Wildman–Crippen LogP) is 3.14. The average Bonchev–Trinajstić information content (AvgIpc) is 2.65. The van der Waals surface area contributed by atoms with Crippen molar-refractivity contribution in [2.24, 2.45) is 5.92 Å². The summed E-state index contributed by atoms with van der Waals surface area (Å²) in [7, 11) is 0. The molecule has 0 aliphatic carbocycles. The molecule has 0 saturated carbocycles. The summed E-state index contributed by atoms with van der Waals surface area (Å²) >= 11 is 1.68. The lowest BCUT2D eigenvalue weighted by Crippen LogP contribution is -2.39. The Kier molecular flexibility index (Phi) is 4.71. The van der Waals surface area contributed by atoms with E-state index in [0.29, 0.717) is 6.42 Å². The van der Waals surface area contributed by atoms with Crippen LogP contribution in [0.3, 0.4) is 0 Å². The van der Waals surface area contributed by atoms with Gasteiger partial charge in [0.15, 0.2) is 0 Å². The Hall–Kier alpha value is -1.49. The maximum Gasteiger partial charge on any atom is 0.229 e. The van der Waals surface area contributed by atoms with Gasteiger partial charge in [-0.3, -0.25) is 9.59 Å². The first kappa shape index (κ1) is 15.4. The van der Waals surface area contributed by atoms with Crippen LogP contribution in [0.15, 0.2) is 29.2 Å². The lowest BCUT2D eigenvalue weighted by Gasteiger charge is -2.29. The van der Waals surface area contributed by atoms with Gasteiger partial charge < -0.3 is 10.2 Å². The van der Waals surface area contributed by atoms with Crippen LogP contribution in [-0.2, 0) is 9.59 Å². The molecule has 1 fully saturated rings. The minimum atomic E-state index is -0.271. The van der Waals surface area contributed by atoms with Gasteiger partial charge in [0, 0.05) is 29.7 Å². The summed E-state index contributed by atoms with van der Waals surface area (Å²) in [6, 6.07) is 7.83. The van der Waals surface area contributed by atoms with Gasteiger partial charge in [-0.1, -0.05) is 19.1 Å². The van der Waals surface area contributed by atoms with Gasteiger partial charge in [0.25, 0.3) is 0 Å². The Bertz CT molecular complexity index is 570. The van der Waals surface area contributed by atoms with Crippen molar-refractivity contribution in [3.05, 3.63) is 24.3 Å². The highest BCUT2D eigenvalue weighted by atomic mass is 32.2. The van der Waals surface area contributed by atoms with Crippen LogP contribution in [0, 0.1) is 5.92 Å². The Morgan fingerprint density at radius 2 is 2.00 bits per heavy atom. The third-order valence-corrected chi connectivity index (χ3v) is 5.77. The fourth-order valence-corrected chi connectivity index (χ4v) is 4.30. The molecule has 0 unspecified atom stereocenters. The van der Waals surface area contributed by atoms with Crippen molar-refractivity contribution in [2.45, 2.75) is 42.8 Å². The topological polar surface area (TPSA) is 49.4 Å². The molecule has 4 nitrogen and oxygen atoms in total. The average molecular weight is 318 g/mol. The molecule has 1 N–H and O–H groups in total. The molecule has 2 aliphatic heterocycles. The zero-order valence-electron chi connectivity index (χ0n) is 12.9. The van der Waals surface area contributed by atoms with E-state index in [0.717, 1.165) is 36.5 Å². The molecule has 0 bridgehead atoms. The number of nitrogens with one attached hydrogen (secondary N) is 1. The van der Waals surface area contributed by atoms with E-state index < -0.39 is 0 Å². The summed E-state index contributed by atoms with van der Waals surface area (Å²) in [5.74, 6) is -0.180. The van der Waals surface area contributed by atoms with Crippen molar-refractivity contribution in [3.63, 3.8) is 0 Å². The van der Waals surface area contributed by atoms with E-state index in [1.807, 2.05) is 36.1 Å². The number of benzene rings is 1. The molecule has 22 heavy (non-hydrogen) atoms. The number of likely N-dealkylation sites (tertiary alicyclic amines) is 1. The van der Waals surface area contributed by atoms with Gasteiger partial charge in [-0.15, -0.1) is 11.8 Å². The first-order valence-corrected chi connectivity index (χ1v) is 8.87. The number of para-hydroxylation sites is 1. The van der Waals surface area contributed by atoms with Crippen molar-refractivity contribution in [1.82, 2.24) is 4.90 Å². The zero-order valence-corrected chi connectivity index (χ0v) is 13.7. The lowest BCUT2D eigenvalue weighted by atomic mass is 9.99. The van der Waals surface area contributed by atoms with Gasteiger partial charge in [0.05, 0.1) is 11.6 Å². The maximum absolute atomic E-state index is 12.5. The summed E-state index contributed by atoms with van der Waals surface area (Å²) in [6.07, 6.45) is 3.68. The quantitative estimate of drug-likeness (QED) is 0.911. The summed E-state index contributed by atoms with van der Waals surface area (Å²) in [5, 5.41) is 3.08. The van der Waals surface area contributed by atoms with Gasteiger partial charge >= 0.3 is 0 Å². The summed E-state index contributed by atoms with van der Waals surface area (Å²) in [4.78, 5) is 28.0. The summed E-state index contributed by atoms with van der Waals surface area (Å²) in [5.41, 5.74) is 0.859. The SMILES string of the molecule is C[C@@H]1Sc2ccccc2NC(=O)[C@H]1CC(=O)N1CCCCC1. The highest BCUT2D eigenvalue weighted by Crippen LogP contribution is 2.38. The van der Waals surface area contributed by atoms with Crippen molar-refractivity contribution < 1.29 is 9.59 Å². The molecular weight excluding hydrogens is 296 g/mol. The summed E-state index contributed by atoms with van der Waals surface area (Å²) < 4.78 is 0. The van der Waals surface area contributed by atoms with Crippen LogP contribution in [0.1, 0.15) is 32.6 Å². The van der Waals surface area contributed by atoms with Gasteiger partial charge in [0.2, 0.25) is 11.8 Å². The molecule has 0 aromatic heterocycles. The molecule has 3 rings (SSSR count). The van der Waals surface area contributed by atoms with Crippen LogP contribution < -0.4 is 5.32 Å². The number of anilines is 1. The van der Waals surface area contributed by atoms with E-state index in [2.05, 4.69) is 5.32 Å². The first-order valence-electron chi connectivity index (χ1n) is 7.99. The normalized spacial score (nSPS) is 25.1. The monoisotopic (exact) mass is 318 g/mol. The number of hydrogen-bond acceptors (Lipinski definition) is 3. The Balaban J connectivity index is 1.71. The first-order chi connectivity index (χ1) is 10.6. The van der Waals surface area contributed by atoms with Gasteiger partial charge in [-0.05, 0) is 31.4 Å². The van der Waals surface area contributed by atoms with Crippen molar-refractivity contribution in [1.29, 1.82) is 0 Å². The molecule has 2 heterocycles. The molecule has 2 amide bonds. The van der Waals surface area contributed by atoms with Crippen LogP contribution in [0.5, 0.6) is 0 Å². The number of carbonyl (C=O) groups excluding carboxylic acids is 2. The number of hydrogen-bond donors (Lipinski definition) is 1. The number of amides is 2. The maximum atomic E-state index is 12.5. The molecule has 2 aliphatic rings. The third kappa shape index (κ3) is 3.29. The van der Waals surface area contributed by atoms with Gasteiger partial charge in [-0.2, -0.15) is 0 Å². The Morgan fingerprint density at radius 3 is 2.77 bits per heavy atom. The van der Waals surface area contributed by atoms with E-state index in [1.165, 1.54) is 6.42 Å². The molecule has 5 heteroatoms. The third-order valence-electron chi connectivity index (χ3n) is 4.46. The molecule has 1 aromatic carbocycles. The number of thioether (sulfide) groups is 1. The van der Waals surface area contributed by atoms with Crippen LogP contribution in [-0.4, -0.2) is 35.1 Å². The van der Waals surface area contributed by atoms with Crippen LogP contribution in [0.2, 0.25) is 0 Å². The fourth-order valence-electron chi connectivity index (χ4n) is 3.11. The second kappa shape index (κ2) is 6.73. The lowest BCUT2D eigenvalue weighted by molar-refractivity contribution is -0.135.